The Bertz CT molecular complexity index is 1140. The molecule has 3 aromatic rings. The topological polar surface area (TPSA) is 107 Å². The van der Waals surface area contributed by atoms with E-state index in [0.29, 0.717) is 27.9 Å². The zero-order chi connectivity index (χ0) is 20.5. The molecular formula is C18H19ClN4O3S2. The lowest BCUT2D eigenvalue weighted by Gasteiger charge is -2.13. The second-order valence-electron chi connectivity index (χ2n) is 6.09. The normalized spacial score (nSPS) is 12.9. The molecule has 0 aliphatic heterocycles. The number of nitrogens with two attached hydrogens (primary N) is 1. The molecule has 0 bridgehead atoms. The number of primary sulfonamides is 1. The van der Waals surface area contributed by atoms with Gasteiger partial charge in [0, 0.05) is 17.3 Å². The Labute approximate surface area is 172 Å². The van der Waals surface area contributed by atoms with Crippen LogP contribution in [0.3, 0.4) is 0 Å². The van der Waals surface area contributed by atoms with Gasteiger partial charge in [-0.25, -0.2) is 18.5 Å². The van der Waals surface area contributed by atoms with Crippen molar-refractivity contribution in [3.05, 3.63) is 47.5 Å². The molecule has 2 aromatic carbocycles. The monoisotopic (exact) mass is 438 g/mol. The van der Waals surface area contributed by atoms with E-state index in [4.69, 9.17) is 16.7 Å². The van der Waals surface area contributed by atoms with Crippen LogP contribution in [0, 0.1) is 0 Å². The number of hydrogen-bond acceptors (Lipinski definition) is 5. The van der Waals surface area contributed by atoms with E-state index in [2.05, 4.69) is 10.3 Å². The first-order valence-corrected chi connectivity index (χ1v) is 11.3. The van der Waals surface area contributed by atoms with Gasteiger partial charge in [0.15, 0.2) is 5.16 Å². The number of thioether (sulfide) groups is 1. The van der Waals surface area contributed by atoms with Gasteiger partial charge in [-0.1, -0.05) is 29.4 Å². The number of imidazole rings is 1. The highest BCUT2D eigenvalue weighted by molar-refractivity contribution is 8.00. The lowest BCUT2D eigenvalue weighted by atomic mass is 10.3. The SMILES string of the molecule is CCn1c(S[C@@H](C)C(=O)Nc2cccc(Cl)c2)nc2cc(S(N)(=O)=O)ccc21. The van der Waals surface area contributed by atoms with Crippen LogP contribution in [0.4, 0.5) is 5.69 Å². The van der Waals surface area contributed by atoms with E-state index in [9.17, 15) is 13.2 Å². The molecule has 0 saturated carbocycles. The average Bonchev–Trinajstić information content (AvgIpc) is 2.97. The number of amides is 1. The molecule has 28 heavy (non-hydrogen) atoms. The summed E-state index contributed by atoms with van der Waals surface area (Å²) in [5.41, 5.74) is 1.91. The number of sulfonamides is 1. The fraction of sp³-hybridized carbons (Fsp3) is 0.222. The predicted molar refractivity (Wildman–Crippen MR) is 112 cm³/mol. The number of fused-ring (bicyclic) bond motifs is 1. The quantitative estimate of drug-likeness (QED) is 0.573. The summed E-state index contributed by atoms with van der Waals surface area (Å²) in [5.74, 6) is -0.188. The van der Waals surface area contributed by atoms with Crippen molar-refractivity contribution >= 4 is 56.0 Å². The van der Waals surface area contributed by atoms with E-state index >= 15 is 0 Å². The average molecular weight is 439 g/mol. The standard InChI is InChI=1S/C18H19ClN4O3S2/c1-3-23-16-8-7-14(28(20,25)26)10-15(16)22-18(23)27-11(2)17(24)21-13-6-4-5-12(19)9-13/h4-11H,3H2,1-2H3,(H,21,24)(H2,20,25,26)/t11-/m0/s1. The fourth-order valence-corrected chi connectivity index (χ4v) is 4.39. The molecule has 3 N–H and O–H groups in total. The largest absolute Gasteiger partial charge is 0.325 e. The van der Waals surface area contributed by atoms with E-state index in [1.165, 1.54) is 23.9 Å². The lowest BCUT2D eigenvalue weighted by Crippen LogP contribution is -2.22. The van der Waals surface area contributed by atoms with Crippen LogP contribution in [0.2, 0.25) is 5.02 Å². The Hall–Kier alpha value is -2.07. The number of anilines is 1. The maximum Gasteiger partial charge on any atom is 0.238 e. The molecule has 0 aliphatic rings. The van der Waals surface area contributed by atoms with Crippen LogP contribution in [-0.4, -0.2) is 29.1 Å². The smallest absolute Gasteiger partial charge is 0.238 e. The van der Waals surface area contributed by atoms with Gasteiger partial charge in [0.05, 0.1) is 21.2 Å². The molecule has 10 heteroatoms. The Morgan fingerprint density at radius 3 is 2.71 bits per heavy atom. The van der Waals surface area contributed by atoms with Crippen LogP contribution in [0.1, 0.15) is 13.8 Å². The van der Waals surface area contributed by atoms with Gasteiger partial charge in [0.2, 0.25) is 15.9 Å². The van der Waals surface area contributed by atoms with Crippen LogP contribution < -0.4 is 10.5 Å². The maximum absolute atomic E-state index is 12.5. The predicted octanol–water partition coefficient (Wildman–Crippen LogP) is 3.48. The first kappa shape index (κ1) is 20.7. The van der Waals surface area contributed by atoms with Crippen LogP contribution in [0.25, 0.3) is 11.0 Å². The molecule has 0 aliphatic carbocycles. The minimum absolute atomic E-state index is 0.00375. The van der Waals surface area contributed by atoms with E-state index in [-0.39, 0.29) is 10.8 Å². The van der Waals surface area contributed by atoms with Gasteiger partial charge < -0.3 is 9.88 Å². The van der Waals surface area contributed by atoms with E-state index in [1.807, 2.05) is 11.5 Å². The molecule has 1 amide bonds. The summed E-state index contributed by atoms with van der Waals surface area (Å²) < 4.78 is 25.1. The first-order chi connectivity index (χ1) is 13.2. The van der Waals surface area contributed by atoms with Crippen molar-refractivity contribution in [3.63, 3.8) is 0 Å². The summed E-state index contributed by atoms with van der Waals surface area (Å²) in [6.45, 7) is 4.35. The Morgan fingerprint density at radius 2 is 2.07 bits per heavy atom. The number of aromatic nitrogens is 2. The number of hydrogen-bond donors (Lipinski definition) is 2. The van der Waals surface area contributed by atoms with Crippen LogP contribution >= 0.6 is 23.4 Å². The minimum atomic E-state index is -3.81. The van der Waals surface area contributed by atoms with Gasteiger partial charge in [-0.3, -0.25) is 4.79 Å². The highest BCUT2D eigenvalue weighted by atomic mass is 35.5. The number of carbonyl (C=O) groups excluding carboxylic acids is 1. The molecular weight excluding hydrogens is 420 g/mol. The van der Waals surface area contributed by atoms with Gasteiger partial charge in [-0.2, -0.15) is 0 Å². The molecule has 1 aromatic heterocycles. The van der Waals surface area contributed by atoms with Crippen LogP contribution in [0.5, 0.6) is 0 Å². The van der Waals surface area contributed by atoms with E-state index in [1.54, 1.807) is 37.3 Å². The van der Waals surface area contributed by atoms with Crippen molar-refractivity contribution in [1.82, 2.24) is 9.55 Å². The molecule has 0 fully saturated rings. The van der Waals surface area contributed by atoms with Crippen molar-refractivity contribution in [2.24, 2.45) is 5.14 Å². The van der Waals surface area contributed by atoms with Gasteiger partial charge in [0.1, 0.15) is 0 Å². The van der Waals surface area contributed by atoms with Gasteiger partial charge in [-0.15, -0.1) is 0 Å². The number of nitrogens with one attached hydrogen (secondary N) is 1. The maximum atomic E-state index is 12.5. The second kappa shape index (κ2) is 8.12. The number of benzene rings is 2. The van der Waals surface area contributed by atoms with E-state index in [0.717, 1.165) is 5.52 Å². The molecule has 1 heterocycles. The Morgan fingerprint density at radius 1 is 1.32 bits per heavy atom. The molecule has 0 saturated heterocycles. The minimum Gasteiger partial charge on any atom is -0.325 e. The third-order valence-corrected chi connectivity index (χ3v) is 6.31. The van der Waals surface area contributed by atoms with Crippen molar-refractivity contribution in [2.75, 3.05) is 5.32 Å². The van der Waals surface area contributed by atoms with Crippen molar-refractivity contribution in [1.29, 1.82) is 0 Å². The Balaban J connectivity index is 1.85. The molecule has 3 rings (SSSR count). The molecule has 0 unspecified atom stereocenters. The summed E-state index contributed by atoms with van der Waals surface area (Å²) in [6.07, 6.45) is 0. The second-order valence-corrected chi connectivity index (χ2v) is 9.40. The van der Waals surface area contributed by atoms with Crippen LogP contribution in [-0.2, 0) is 21.4 Å². The highest BCUT2D eigenvalue weighted by Crippen LogP contribution is 2.29. The number of aryl methyl sites for hydroxylation is 1. The summed E-state index contributed by atoms with van der Waals surface area (Å²) >= 11 is 7.24. The number of halogens is 1. The van der Waals surface area contributed by atoms with Crippen molar-refractivity contribution in [3.8, 4) is 0 Å². The summed E-state index contributed by atoms with van der Waals surface area (Å²) in [6, 6.07) is 11.5. The molecule has 7 nitrogen and oxygen atoms in total. The molecule has 0 radical (unpaired) electrons. The molecule has 148 valence electrons. The zero-order valence-electron chi connectivity index (χ0n) is 15.2. The fourth-order valence-electron chi connectivity index (χ4n) is 2.68. The Kier molecular flexibility index (Phi) is 5.99. The highest BCUT2D eigenvalue weighted by Gasteiger charge is 2.20. The number of rotatable bonds is 6. The summed E-state index contributed by atoms with van der Waals surface area (Å²) in [5, 5.41) is 8.76. The lowest BCUT2D eigenvalue weighted by molar-refractivity contribution is -0.115. The van der Waals surface area contributed by atoms with Crippen molar-refractivity contribution in [2.45, 2.75) is 35.7 Å². The summed E-state index contributed by atoms with van der Waals surface area (Å²) in [7, 11) is -3.81. The number of nitrogens with zero attached hydrogens (tertiary/aromatic N) is 2. The summed E-state index contributed by atoms with van der Waals surface area (Å²) in [4.78, 5) is 17.0. The number of carbonyl (C=O) groups is 1. The molecule has 1 atom stereocenters. The van der Waals surface area contributed by atoms with Crippen molar-refractivity contribution < 1.29 is 13.2 Å². The third kappa shape index (κ3) is 4.49. The van der Waals surface area contributed by atoms with Crippen LogP contribution in [0.15, 0.2) is 52.5 Å². The molecule has 0 spiro atoms. The third-order valence-electron chi connectivity index (χ3n) is 4.07. The first-order valence-electron chi connectivity index (χ1n) is 8.45. The van der Waals surface area contributed by atoms with Gasteiger partial charge >= 0.3 is 0 Å². The van der Waals surface area contributed by atoms with E-state index < -0.39 is 15.3 Å². The van der Waals surface area contributed by atoms with Gasteiger partial charge in [-0.05, 0) is 50.2 Å². The van der Waals surface area contributed by atoms with Gasteiger partial charge in [0.25, 0.3) is 0 Å². The zero-order valence-corrected chi connectivity index (χ0v) is 17.6.